The minimum Gasteiger partial charge on any atom is -0.0985 e. The molecule has 30 heavy (non-hydrogen) atoms. The van der Waals surface area contributed by atoms with Crippen LogP contribution in [-0.4, -0.2) is 0 Å². The molecule has 0 nitrogen and oxygen atoms in total. The fraction of sp³-hybridized carbons (Fsp3) is 0.200. The van der Waals surface area contributed by atoms with Crippen molar-refractivity contribution in [1.82, 2.24) is 0 Å². The van der Waals surface area contributed by atoms with Crippen molar-refractivity contribution in [3.8, 4) is 0 Å². The van der Waals surface area contributed by atoms with Crippen molar-refractivity contribution in [3.63, 3.8) is 0 Å². The molecule has 0 aliphatic rings. The Morgan fingerprint density at radius 3 is 1.53 bits per heavy atom. The van der Waals surface area contributed by atoms with Crippen molar-refractivity contribution in [2.24, 2.45) is 5.41 Å². The van der Waals surface area contributed by atoms with Crippen molar-refractivity contribution in [2.75, 3.05) is 0 Å². The first-order valence-corrected chi connectivity index (χ1v) is 10.5. The largest absolute Gasteiger partial charge is 0.0985 e. The SMILES string of the molecule is C=Cc1ccccc1C(C)c1ccccc1C=C.CC(C)(C)C=Cc1ccccc1. The third kappa shape index (κ3) is 7.04. The van der Waals surface area contributed by atoms with E-state index in [1.54, 1.807) is 0 Å². The molecular formula is C30H34. The van der Waals surface area contributed by atoms with Crippen LogP contribution in [0.4, 0.5) is 0 Å². The van der Waals surface area contributed by atoms with E-state index in [1.165, 1.54) is 27.8 Å². The smallest absolute Gasteiger partial charge is 0.00728 e. The Balaban J connectivity index is 0.000000232. The third-order valence-electron chi connectivity index (χ3n) is 4.94. The van der Waals surface area contributed by atoms with Crippen molar-refractivity contribution in [1.29, 1.82) is 0 Å². The maximum absolute atomic E-state index is 3.89. The molecule has 0 aliphatic heterocycles. The quantitative estimate of drug-likeness (QED) is 0.405. The van der Waals surface area contributed by atoms with Crippen LogP contribution in [0, 0.1) is 5.41 Å². The molecule has 0 radical (unpaired) electrons. The van der Waals surface area contributed by atoms with Gasteiger partial charge < -0.3 is 0 Å². The number of hydrogen-bond acceptors (Lipinski definition) is 0. The van der Waals surface area contributed by atoms with Crippen molar-refractivity contribution in [2.45, 2.75) is 33.6 Å². The highest BCUT2D eigenvalue weighted by Gasteiger charge is 2.13. The van der Waals surface area contributed by atoms with Crippen LogP contribution >= 0.6 is 0 Å². The van der Waals surface area contributed by atoms with E-state index in [9.17, 15) is 0 Å². The summed E-state index contributed by atoms with van der Waals surface area (Å²) < 4.78 is 0. The molecule has 0 unspecified atom stereocenters. The van der Waals surface area contributed by atoms with Crippen LogP contribution in [-0.2, 0) is 0 Å². The molecule has 154 valence electrons. The third-order valence-corrected chi connectivity index (χ3v) is 4.94. The average molecular weight is 395 g/mol. The molecule has 3 aromatic carbocycles. The summed E-state index contributed by atoms with van der Waals surface area (Å²) in [7, 11) is 0. The van der Waals surface area contributed by atoms with Crippen molar-refractivity contribution in [3.05, 3.63) is 126 Å². The first kappa shape index (κ1) is 23.2. The Morgan fingerprint density at radius 1 is 0.667 bits per heavy atom. The molecule has 3 rings (SSSR count). The highest BCUT2D eigenvalue weighted by Crippen LogP contribution is 2.30. The highest BCUT2D eigenvalue weighted by molar-refractivity contribution is 5.59. The summed E-state index contributed by atoms with van der Waals surface area (Å²) in [4.78, 5) is 0. The molecule has 0 atom stereocenters. The second-order valence-corrected chi connectivity index (χ2v) is 8.50. The van der Waals surface area contributed by atoms with Gasteiger partial charge in [0.05, 0.1) is 0 Å². The second kappa shape index (κ2) is 11.2. The van der Waals surface area contributed by atoms with Gasteiger partial charge in [0.25, 0.3) is 0 Å². The fourth-order valence-electron chi connectivity index (χ4n) is 3.26. The number of rotatable bonds is 5. The predicted octanol–water partition coefficient (Wildman–Crippen LogP) is 8.87. The summed E-state index contributed by atoms with van der Waals surface area (Å²) >= 11 is 0. The summed E-state index contributed by atoms with van der Waals surface area (Å²) in [6, 6.07) is 27.2. The molecule has 0 saturated heterocycles. The Morgan fingerprint density at radius 2 is 1.10 bits per heavy atom. The molecule has 0 aromatic heterocycles. The van der Waals surface area contributed by atoms with Gasteiger partial charge in [-0.25, -0.2) is 0 Å². The Labute approximate surface area is 183 Å². The zero-order valence-electron chi connectivity index (χ0n) is 18.8. The minimum atomic E-state index is 0.274. The van der Waals surface area contributed by atoms with Gasteiger partial charge in [-0.3, -0.25) is 0 Å². The van der Waals surface area contributed by atoms with Gasteiger partial charge in [-0.05, 0) is 33.2 Å². The summed E-state index contributed by atoms with van der Waals surface area (Å²) in [5, 5.41) is 0. The average Bonchev–Trinajstić information content (AvgIpc) is 2.78. The Hall–Kier alpha value is -3.12. The van der Waals surface area contributed by atoms with Gasteiger partial charge in [-0.2, -0.15) is 0 Å². The van der Waals surface area contributed by atoms with Crippen LogP contribution in [0.25, 0.3) is 18.2 Å². The Bertz CT molecular complexity index is 917. The van der Waals surface area contributed by atoms with E-state index in [1.807, 2.05) is 30.4 Å². The molecule has 3 aromatic rings. The van der Waals surface area contributed by atoms with Crippen LogP contribution in [0.15, 0.2) is 98.1 Å². The summed E-state index contributed by atoms with van der Waals surface area (Å²) in [6.07, 6.45) is 8.23. The highest BCUT2D eigenvalue weighted by atomic mass is 14.2. The second-order valence-electron chi connectivity index (χ2n) is 8.50. The standard InChI is InChI=1S/C18H18.C12H16/c1-4-15-10-6-8-12-17(15)14(3)18-13-9-7-11-16(18)5-2;1-12(2,3)10-9-11-7-5-4-6-8-11/h4-14H,1-2H2,3H3;4-10H,1-3H3. The van der Waals surface area contributed by atoms with Crippen LogP contribution in [0.1, 0.15) is 61.4 Å². The molecule has 0 fully saturated rings. The molecule has 0 aliphatic carbocycles. The van der Waals surface area contributed by atoms with Crippen molar-refractivity contribution < 1.29 is 0 Å². The van der Waals surface area contributed by atoms with E-state index >= 15 is 0 Å². The van der Waals surface area contributed by atoms with Gasteiger partial charge in [-0.15, -0.1) is 0 Å². The molecule has 0 bridgehead atoms. The van der Waals surface area contributed by atoms with Crippen molar-refractivity contribution >= 4 is 18.2 Å². The normalized spacial score (nSPS) is 11.1. The van der Waals surface area contributed by atoms with E-state index in [-0.39, 0.29) is 5.41 Å². The van der Waals surface area contributed by atoms with Gasteiger partial charge in [0.1, 0.15) is 0 Å². The fourth-order valence-corrected chi connectivity index (χ4v) is 3.26. The van der Waals surface area contributed by atoms with Gasteiger partial charge in [-0.1, -0.05) is 144 Å². The van der Waals surface area contributed by atoms with Crippen LogP contribution < -0.4 is 0 Å². The lowest BCUT2D eigenvalue weighted by Crippen LogP contribution is -2.00. The van der Waals surface area contributed by atoms with Gasteiger partial charge in [0.2, 0.25) is 0 Å². The van der Waals surface area contributed by atoms with Crippen LogP contribution in [0.3, 0.4) is 0 Å². The number of benzene rings is 3. The van der Waals surface area contributed by atoms with Crippen LogP contribution in [0.5, 0.6) is 0 Å². The maximum Gasteiger partial charge on any atom is 0.00728 e. The zero-order valence-corrected chi connectivity index (χ0v) is 18.8. The molecule has 0 spiro atoms. The minimum absolute atomic E-state index is 0.274. The lowest BCUT2D eigenvalue weighted by molar-refractivity contribution is 0.547. The number of allylic oxidation sites excluding steroid dienone is 1. The van der Waals surface area contributed by atoms with Crippen LogP contribution in [0.2, 0.25) is 0 Å². The summed E-state index contributed by atoms with van der Waals surface area (Å²) in [6.45, 7) is 16.6. The molecule has 0 heterocycles. The lowest BCUT2D eigenvalue weighted by atomic mass is 9.87. The first-order valence-electron chi connectivity index (χ1n) is 10.5. The molecule has 0 saturated carbocycles. The maximum atomic E-state index is 3.89. The van der Waals surface area contributed by atoms with E-state index in [0.29, 0.717) is 5.92 Å². The molecule has 0 N–H and O–H groups in total. The van der Waals surface area contributed by atoms with Gasteiger partial charge >= 0.3 is 0 Å². The summed E-state index contributed by atoms with van der Waals surface area (Å²) in [5.41, 5.74) is 6.55. The van der Waals surface area contributed by atoms with E-state index < -0.39 is 0 Å². The molecule has 0 heteroatoms. The molecular weight excluding hydrogens is 360 g/mol. The molecule has 0 amide bonds. The monoisotopic (exact) mass is 394 g/mol. The topological polar surface area (TPSA) is 0 Å². The zero-order chi connectivity index (χ0) is 22.0. The lowest BCUT2D eigenvalue weighted by Gasteiger charge is -2.17. The van der Waals surface area contributed by atoms with E-state index in [4.69, 9.17) is 0 Å². The number of hydrogen-bond donors (Lipinski definition) is 0. The predicted molar refractivity (Wildman–Crippen MR) is 136 cm³/mol. The first-order chi connectivity index (χ1) is 14.4. The van der Waals surface area contributed by atoms with Gasteiger partial charge in [0, 0.05) is 5.92 Å². The Kier molecular flexibility index (Phi) is 8.62. The van der Waals surface area contributed by atoms with E-state index in [0.717, 1.165) is 0 Å². The van der Waals surface area contributed by atoms with Gasteiger partial charge in [0.15, 0.2) is 0 Å². The summed E-state index contributed by atoms with van der Waals surface area (Å²) in [5.74, 6) is 0.341. The van der Waals surface area contributed by atoms with E-state index in [2.05, 4.69) is 114 Å².